The van der Waals surface area contributed by atoms with E-state index in [9.17, 15) is 14.9 Å². The van der Waals surface area contributed by atoms with Crippen molar-refractivity contribution in [2.75, 3.05) is 11.4 Å². The first-order valence-corrected chi connectivity index (χ1v) is 5.15. The van der Waals surface area contributed by atoms with Gasteiger partial charge in [0.2, 0.25) is 5.91 Å². The predicted octanol–water partition coefficient (Wildman–Crippen LogP) is 2.03. The third-order valence-electron chi connectivity index (χ3n) is 2.76. The molecule has 0 spiro atoms. The number of carbonyl (C=O) groups excluding carboxylic acids is 1. The van der Waals surface area contributed by atoms with E-state index < -0.39 is 4.92 Å². The van der Waals surface area contributed by atoms with Crippen LogP contribution >= 0.6 is 0 Å². The van der Waals surface area contributed by atoms with Crippen LogP contribution in [0.15, 0.2) is 18.2 Å². The number of nitro benzene ring substituents is 1. The Labute approximate surface area is 92.8 Å². The van der Waals surface area contributed by atoms with Crippen molar-refractivity contribution in [2.45, 2.75) is 19.8 Å². The molecule has 1 saturated heterocycles. The van der Waals surface area contributed by atoms with Crippen LogP contribution in [0.25, 0.3) is 0 Å². The average Bonchev–Trinajstić information content (AvgIpc) is 2.63. The van der Waals surface area contributed by atoms with Crippen molar-refractivity contribution in [3.05, 3.63) is 33.9 Å². The summed E-state index contributed by atoms with van der Waals surface area (Å²) in [6.45, 7) is 2.39. The zero-order valence-electron chi connectivity index (χ0n) is 8.97. The molecule has 0 N–H and O–H groups in total. The van der Waals surface area contributed by atoms with E-state index in [0.717, 1.165) is 12.1 Å². The molecule has 0 aromatic heterocycles. The largest absolute Gasteiger partial charge is 0.312 e. The van der Waals surface area contributed by atoms with E-state index in [0.29, 0.717) is 18.5 Å². The smallest absolute Gasteiger partial charge is 0.272 e. The second-order valence-electron chi connectivity index (χ2n) is 3.88. The van der Waals surface area contributed by atoms with Crippen LogP contribution in [0.1, 0.15) is 18.4 Å². The summed E-state index contributed by atoms with van der Waals surface area (Å²) < 4.78 is 0. The SMILES string of the molecule is Cc1cc(N2CCCC2=O)ccc1[N+](=O)[O-]. The Morgan fingerprint density at radius 1 is 1.44 bits per heavy atom. The summed E-state index contributed by atoms with van der Waals surface area (Å²) in [5, 5.41) is 10.6. The molecule has 0 unspecified atom stereocenters. The van der Waals surface area contributed by atoms with Gasteiger partial charge in [0, 0.05) is 30.3 Å². The second kappa shape index (κ2) is 3.92. The summed E-state index contributed by atoms with van der Waals surface area (Å²) in [5.41, 5.74) is 1.43. The Morgan fingerprint density at radius 3 is 2.69 bits per heavy atom. The van der Waals surface area contributed by atoms with Gasteiger partial charge in [-0.1, -0.05) is 0 Å². The van der Waals surface area contributed by atoms with Crippen LogP contribution in [-0.2, 0) is 4.79 Å². The highest BCUT2D eigenvalue weighted by Crippen LogP contribution is 2.26. The van der Waals surface area contributed by atoms with E-state index in [1.807, 2.05) is 0 Å². The number of nitro groups is 1. The zero-order valence-corrected chi connectivity index (χ0v) is 8.97. The number of nitrogens with zero attached hydrogens (tertiary/aromatic N) is 2. The zero-order chi connectivity index (χ0) is 11.7. The normalized spacial score (nSPS) is 15.6. The van der Waals surface area contributed by atoms with Gasteiger partial charge in [-0.15, -0.1) is 0 Å². The van der Waals surface area contributed by atoms with E-state index in [1.165, 1.54) is 6.07 Å². The summed E-state index contributed by atoms with van der Waals surface area (Å²) in [4.78, 5) is 23.4. The summed E-state index contributed by atoms with van der Waals surface area (Å²) >= 11 is 0. The molecule has 1 heterocycles. The Bertz CT molecular complexity index is 457. The molecular weight excluding hydrogens is 208 g/mol. The van der Waals surface area contributed by atoms with Gasteiger partial charge >= 0.3 is 0 Å². The molecular formula is C11H12N2O3. The molecule has 1 aromatic carbocycles. The van der Waals surface area contributed by atoms with Crippen LogP contribution in [-0.4, -0.2) is 17.4 Å². The first-order chi connectivity index (χ1) is 7.59. The van der Waals surface area contributed by atoms with Gasteiger partial charge in [0.15, 0.2) is 0 Å². The number of hydrogen-bond donors (Lipinski definition) is 0. The quantitative estimate of drug-likeness (QED) is 0.565. The Balaban J connectivity index is 2.34. The molecule has 16 heavy (non-hydrogen) atoms. The minimum absolute atomic E-state index is 0.0910. The van der Waals surface area contributed by atoms with Crippen LogP contribution in [0.2, 0.25) is 0 Å². The van der Waals surface area contributed by atoms with E-state index >= 15 is 0 Å². The highest BCUT2D eigenvalue weighted by molar-refractivity contribution is 5.95. The molecule has 5 heteroatoms. The molecule has 1 amide bonds. The summed E-state index contributed by atoms with van der Waals surface area (Å²) in [7, 11) is 0. The molecule has 1 fully saturated rings. The highest BCUT2D eigenvalue weighted by Gasteiger charge is 2.22. The summed E-state index contributed by atoms with van der Waals surface area (Å²) in [5.74, 6) is 0.0910. The first kappa shape index (κ1) is 10.6. The van der Waals surface area contributed by atoms with Crippen molar-refractivity contribution in [2.24, 2.45) is 0 Å². The van der Waals surface area contributed by atoms with Crippen molar-refractivity contribution in [3.8, 4) is 0 Å². The van der Waals surface area contributed by atoms with E-state index in [1.54, 1.807) is 24.0 Å². The third kappa shape index (κ3) is 1.76. The number of rotatable bonds is 2. The maximum Gasteiger partial charge on any atom is 0.272 e. The monoisotopic (exact) mass is 220 g/mol. The lowest BCUT2D eigenvalue weighted by Gasteiger charge is -2.15. The van der Waals surface area contributed by atoms with Crippen LogP contribution < -0.4 is 4.90 Å². The van der Waals surface area contributed by atoms with Crippen LogP contribution in [0.4, 0.5) is 11.4 Å². The van der Waals surface area contributed by atoms with Crippen LogP contribution in [0, 0.1) is 17.0 Å². The fraction of sp³-hybridized carbons (Fsp3) is 0.364. The molecule has 1 aromatic rings. The molecule has 0 bridgehead atoms. The highest BCUT2D eigenvalue weighted by atomic mass is 16.6. The van der Waals surface area contributed by atoms with E-state index in [4.69, 9.17) is 0 Å². The number of hydrogen-bond acceptors (Lipinski definition) is 3. The molecule has 2 rings (SSSR count). The Kier molecular flexibility index (Phi) is 2.60. The lowest BCUT2D eigenvalue weighted by molar-refractivity contribution is -0.385. The molecule has 84 valence electrons. The van der Waals surface area contributed by atoms with Crippen molar-refractivity contribution >= 4 is 17.3 Å². The number of carbonyl (C=O) groups is 1. The minimum Gasteiger partial charge on any atom is -0.312 e. The topological polar surface area (TPSA) is 63.5 Å². The van der Waals surface area contributed by atoms with Crippen LogP contribution in [0.3, 0.4) is 0 Å². The van der Waals surface area contributed by atoms with Gasteiger partial charge in [0.1, 0.15) is 0 Å². The Hall–Kier alpha value is -1.91. The van der Waals surface area contributed by atoms with Crippen LogP contribution in [0.5, 0.6) is 0 Å². The maximum absolute atomic E-state index is 11.5. The number of anilines is 1. The Morgan fingerprint density at radius 2 is 2.19 bits per heavy atom. The summed E-state index contributed by atoms with van der Waals surface area (Å²) in [6, 6.07) is 4.78. The standard InChI is InChI=1S/C11H12N2O3/c1-8-7-9(4-5-10(8)13(15)16)12-6-2-3-11(12)14/h4-5,7H,2-3,6H2,1H3. The lowest BCUT2D eigenvalue weighted by atomic mass is 10.1. The second-order valence-corrected chi connectivity index (χ2v) is 3.88. The van der Waals surface area contributed by atoms with Gasteiger partial charge in [-0.2, -0.15) is 0 Å². The van der Waals surface area contributed by atoms with Crippen molar-refractivity contribution in [1.82, 2.24) is 0 Å². The summed E-state index contributed by atoms with van der Waals surface area (Å²) in [6.07, 6.45) is 1.42. The molecule has 0 radical (unpaired) electrons. The van der Waals surface area contributed by atoms with Gasteiger partial charge < -0.3 is 4.90 Å². The van der Waals surface area contributed by atoms with Gasteiger partial charge in [-0.25, -0.2) is 0 Å². The molecule has 0 aliphatic carbocycles. The van der Waals surface area contributed by atoms with E-state index in [2.05, 4.69) is 0 Å². The molecule has 1 aliphatic rings. The average molecular weight is 220 g/mol. The number of amides is 1. The molecule has 5 nitrogen and oxygen atoms in total. The maximum atomic E-state index is 11.5. The van der Waals surface area contributed by atoms with Gasteiger partial charge in [0.25, 0.3) is 5.69 Å². The molecule has 1 aliphatic heterocycles. The third-order valence-corrected chi connectivity index (χ3v) is 2.76. The fourth-order valence-corrected chi connectivity index (χ4v) is 1.93. The lowest BCUT2D eigenvalue weighted by Crippen LogP contribution is -2.23. The molecule has 0 atom stereocenters. The van der Waals surface area contributed by atoms with Crippen molar-refractivity contribution in [1.29, 1.82) is 0 Å². The van der Waals surface area contributed by atoms with E-state index in [-0.39, 0.29) is 11.6 Å². The van der Waals surface area contributed by atoms with Gasteiger partial charge in [0.05, 0.1) is 4.92 Å². The number of benzene rings is 1. The van der Waals surface area contributed by atoms with Gasteiger partial charge in [-0.3, -0.25) is 14.9 Å². The van der Waals surface area contributed by atoms with Gasteiger partial charge in [-0.05, 0) is 25.5 Å². The van der Waals surface area contributed by atoms with Crippen molar-refractivity contribution in [3.63, 3.8) is 0 Å². The van der Waals surface area contributed by atoms with Crippen molar-refractivity contribution < 1.29 is 9.72 Å². The fourth-order valence-electron chi connectivity index (χ4n) is 1.93. The number of aryl methyl sites for hydroxylation is 1. The first-order valence-electron chi connectivity index (χ1n) is 5.15. The molecule has 0 saturated carbocycles. The predicted molar refractivity (Wildman–Crippen MR) is 59.4 cm³/mol. The minimum atomic E-state index is -0.412.